The van der Waals surface area contributed by atoms with E-state index < -0.39 is 5.92 Å². The normalized spacial score (nSPS) is 23.4. The molecule has 18 heavy (non-hydrogen) atoms. The van der Waals surface area contributed by atoms with E-state index in [2.05, 4.69) is 32.7 Å². The molecule has 0 amide bonds. The molecule has 1 saturated heterocycles. The second-order valence-electron chi connectivity index (χ2n) is 6.54. The van der Waals surface area contributed by atoms with Crippen LogP contribution in [0.2, 0.25) is 0 Å². The quantitative estimate of drug-likeness (QED) is 0.816. The van der Waals surface area contributed by atoms with E-state index in [1.54, 1.807) is 0 Å². The summed E-state index contributed by atoms with van der Waals surface area (Å²) < 4.78 is 27.1. The molecule has 1 fully saturated rings. The van der Waals surface area contributed by atoms with Crippen LogP contribution in [0.4, 0.5) is 8.78 Å². The number of hydrogen-bond acceptors (Lipinski definition) is 2. The second-order valence-corrected chi connectivity index (χ2v) is 6.54. The van der Waals surface area contributed by atoms with Crippen LogP contribution in [0.5, 0.6) is 0 Å². The van der Waals surface area contributed by atoms with Crippen LogP contribution in [0.25, 0.3) is 0 Å². The summed E-state index contributed by atoms with van der Waals surface area (Å²) in [5.41, 5.74) is 0.934. The van der Waals surface area contributed by atoms with Crippen LogP contribution >= 0.6 is 0 Å². The summed E-state index contributed by atoms with van der Waals surface area (Å²) in [6.45, 7) is 10.9. The third-order valence-corrected chi connectivity index (χ3v) is 3.24. The molecule has 0 aliphatic carbocycles. The number of nitrogens with one attached hydrogen (secondary N) is 1. The number of nitrogens with zero attached hydrogens (tertiary/aromatic N) is 1. The van der Waals surface area contributed by atoms with E-state index in [1.807, 2.05) is 11.9 Å². The average Bonchev–Trinajstić information content (AvgIpc) is 2.48. The third-order valence-electron chi connectivity index (χ3n) is 3.24. The standard InChI is InChI=1S/C14H26F2N2/c1-11(8-13(2,3)4)18-10-14(15,16)9-12(18)6-7-17-5/h12,17H,1,6-10H2,2-5H3. The Balaban J connectivity index is 2.68. The highest BCUT2D eigenvalue weighted by atomic mass is 19.3. The van der Waals surface area contributed by atoms with Crippen LogP contribution in [0.1, 0.15) is 40.0 Å². The first-order valence-electron chi connectivity index (χ1n) is 6.61. The topological polar surface area (TPSA) is 15.3 Å². The van der Waals surface area contributed by atoms with Crippen molar-refractivity contribution >= 4 is 0 Å². The molecule has 1 N–H and O–H groups in total. The molecule has 0 aromatic heterocycles. The largest absolute Gasteiger partial charge is 0.366 e. The zero-order valence-corrected chi connectivity index (χ0v) is 12.0. The maximum absolute atomic E-state index is 13.6. The summed E-state index contributed by atoms with van der Waals surface area (Å²) in [6.07, 6.45) is 1.46. The van der Waals surface area contributed by atoms with Crippen molar-refractivity contribution < 1.29 is 8.78 Å². The Morgan fingerprint density at radius 2 is 2.06 bits per heavy atom. The molecule has 0 bridgehead atoms. The minimum absolute atomic E-state index is 0.0438. The maximum Gasteiger partial charge on any atom is 0.267 e. The molecule has 1 atom stereocenters. The molecule has 1 unspecified atom stereocenters. The number of likely N-dealkylation sites (tertiary alicyclic amines) is 1. The SMILES string of the molecule is C=C(CC(C)(C)C)N1CC(F)(F)CC1CCNC. The zero-order valence-electron chi connectivity index (χ0n) is 12.0. The minimum atomic E-state index is -2.57. The molecule has 0 aromatic carbocycles. The van der Waals surface area contributed by atoms with Gasteiger partial charge in [-0.3, -0.25) is 0 Å². The Morgan fingerprint density at radius 3 is 2.56 bits per heavy atom. The molecule has 1 aliphatic heterocycles. The molecule has 0 radical (unpaired) electrons. The fraction of sp³-hybridized carbons (Fsp3) is 0.857. The van der Waals surface area contributed by atoms with Gasteiger partial charge in [0.25, 0.3) is 5.92 Å². The molecule has 106 valence electrons. The highest BCUT2D eigenvalue weighted by Crippen LogP contribution is 2.38. The summed E-state index contributed by atoms with van der Waals surface area (Å²) in [7, 11) is 1.85. The van der Waals surface area contributed by atoms with Gasteiger partial charge in [0.1, 0.15) is 0 Å². The Kier molecular flexibility index (Phi) is 4.76. The van der Waals surface area contributed by atoms with E-state index in [-0.39, 0.29) is 24.4 Å². The first-order valence-corrected chi connectivity index (χ1v) is 6.61. The van der Waals surface area contributed by atoms with Gasteiger partial charge < -0.3 is 10.2 Å². The smallest absolute Gasteiger partial charge is 0.267 e. The van der Waals surface area contributed by atoms with Crippen LogP contribution in [-0.4, -0.2) is 37.0 Å². The maximum atomic E-state index is 13.6. The molecule has 1 heterocycles. The van der Waals surface area contributed by atoms with Crippen LogP contribution < -0.4 is 5.32 Å². The zero-order chi connectivity index (χ0) is 14.0. The number of allylic oxidation sites excluding steroid dienone is 1. The van der Waals surface area contributed by atoms with Crippen molar-refractivity contribution in [2.75, 3.05) is 20.1 Å². The predicted octanol–water partition coefficient (Wildman–Crippen LogP) is 3.26. The van der Waals surface area contributed by atoms with Gasteiger partial charge in [0, 0.05) is 18.2 Å². The summed E-state index contributed by atoms with van der Waals surface area (Å²) >= 11 is 0. The summed E-state index contributed by atoms with van der Waals surface area (Å²) in [5.74, 6) is -2.57. The molecular weight excluding hydrogens is 234 g/mol. The van der Waals surface area contributed by atoms with Crippen LogP contribution in [0, 0.1) is 5.41 Å². The van der Waals surface area contributed by atoms with Crippen molar-refractivity contribution in [1.29, 1.82) is 0 Å². The molecule has 1 rings (SSSR count). The first-order chi connectivity index (χ1) is 8.14. The van der Waals surface area contributed by atoms with Gasteiger partial charge >= 0.3 is 0 Å². The highest BCUT2D eigenvalue weighted by molar-refractivity contribution is 5.06. The third kappa shape index (κ3) is 4.56. The van der Waals surface area contributed by atoms with E-state index in [9.17, 15) is 8.78 Å². The van der Waals surface area contributed by atoms with E-state index in [0.29, 0.717) is 0 Å². The van der Waals surface area contributed by atoms with Gasteiger partial charge in [-0.25, -0.2) is 8.78 Å². The second kappa shape index (κ2) is 5.55. The highest BCUT2D eigenvalue weighted by Gasteiger charge is 2.45. The van der Waals surface area contributed by atoms with E-state index >= 15 is 0 Å². The van der Waals surface area contributed by atoms with E-state index in [4.69, 9.17) is 0 Å². The number of alkyl halides is 2. The van der Waals surface area contributed by atoms with Crippen molar-refractivity contribution in [3.05, 3.63) is 12.3 Å². The van der Waals surface area contributed by atoms with Gasteiger partial charge in [-0.2, -0.15) is 0 Å². The lowest BCUT2D eigenvalue weighted by Gasteiger charge is -2.31. The number of hydrogen-bond donors (Lipinski definition) is 1. The molecule has 0 spiro atoms. The van der Waals surface area contributed by atoms with Gasteiger partial charge in [0.05, 0.1) is 6.54 Å². The molecule has 4 heteroatoms. The van der Waals surface area contributed by atoms with Crippen molar-refractivity contribution in [2.45, 2.75) is 52.0 Å². The van der Waals surface area contributed by atoms with Gasteiger partial charge in [-0.1, -0.05) is 27.4 Å². The lowest BCUT2D eigenvalue weighted by Crippen LogP contribution is -2.32. The van der Waals surface area contributed by atoms with E-state index in [0.717, 1.165) is 25.1 Å². The molecular formula is C14H26F2N2. The Labute approximate surface area is 109 Å². The van der Waals surface area contributed by atoms with Crippen LogP contribution in [0.3, 0.4) is 0 Å². The van der Waals surface area contributed by atoms with Crippen LogP contribution in [-0.2, 0) is 0 Å². The minimum Gasteiger partial charge on any atom is -0.366 e. The van der Waals surface area contributed by atoms with Crippen molar-refractivity contribution in [3.8, 4) is 0 Å². The predicted molar refractivity (Wildman–Crippen MR) is 71.8 cm³/mol. The summed E-state index contributed by atoms with van der Waals surface area (Å²) in [5, 5.41) is 3.03. The monoisotopic (exact) mass is 260 g/mol. The lowest BCUT2D eigenvalue weighted by atomic mass is 9.90. The fourth-order valence-electron chi connectivity index (χ4n) is 2.55. The number of halogens is 2. The van der Waals surface area contributed by atoms with E-state index in [1.165, 1.54) is 0 Å². The van der Waals surface area contributed by atoms with Gasteiger partial charge in [0.2, 0.25) is 0 Å². The first kappa shape index (κ1) is 15.4. The Bertz CT molecular complexity index is 295. The van der Waals surface area contributed by atoms with Gasteiger partial charge in [-0.15, -0.1) is 0 Å². The van der Waals surface area contributed by atoms with Crippen molar-refractivity contribution in [2.24, 2.45) is 5.41 Å². The van der Waals surface area contributed by atoms with Crippen molar-refractivity contribution in [3.63, 3.8) is 0 Å². The van der Waals surface area contributed by atoms with Crippen molar-refractivity contribution in [1.82, 2.24) is 10.2 Å². The van der Waals surface area contributed by atoms with Crippen LogP contribution in [0.15, 0.2) is 12.3 Å². The molecule has 1 aliphatic rings. The van der Waals surface area contributed by atoms with Gasteiger partial charge in [-0.05, 0) is 31.8 Å². The summed E-state index contributed by atoms with van der Waals surface area (Å²) in [4.78, 5) is 1.82. The average molecular weight is 260 g/mol. The Morgan fingerprint density at radius 1 is 1.44 bits per heavy atom. The molecule has 0 aromatic rings. The lowest BCUT2D eigenvalue weighted by molar-refractivity contribution is 0.0140. The fourth-order valence-corrected chi connectivity index (χ4v) is 2.55. The Hall–Kier alpha value is -0.640. The van der Waals surface area contributed by atoms with Gasteiger partial charge in [0.15, 0.2) is 0 Å². The molecule has 0 saturated carbocycles. The number of rotatable bonds is 5. The molecule has 2 nitrogen and oxygen atoms in total. The summed E-state index contributed by atoms with van der Waals surface area (Å²) in [6, 6.07) is -0.0812.